The number of allylic oxidation sites excluding steroid dienone is 1. The molecule has 0 aliphatic rings. The molecule has 0 radical (unpaired) electrons. The molecule has 1 atom stereocenters. The number of carbonyl (C=O) groups excluding carboxylic acids is 1. The molecule has 1 unspecified atom stereocenters. The Hall–Kier alpha value is -1.32. The summed E-state index contributed by atoms with van der Waals surface area (Å²) >= 11 is 0. The van der Waals surface area contributed by atoms with Gasteiger partial charge in [0.1, 0.15) is 6.04 Å². The highest BCUT2D eigenvalue weighted by molar-refractivity contribution is 5.83. The van der Waals surface area contributed by atoms with E-state index in [-0.39, 0.29) is 12.3 Å². The zero-order valence-electron chi connectivity index (χ0n) is 10.3. The SMILES string of the molecule is CCCC/C=C/CC(=O)N(C)C(C)C(=O)O. The minimum absolute atomic E-state index is 0.164. The number of carboxylic acid groups (broad SMARTS) is 1. The minimum atomic E-state index is -0.981. The zero-order valence-corrected chi connectivity index (χ0v) is 10.3. The summed E-state index contributed by atoms with van der Waals surface area (Å²) in [5.74, 6) is -1.14. The molecule has 0 rings (SSSR count). The van der Waals surface area contributed by atoms with Gasteiger partial charge in [0.2, 0.25) is 5.91 Å². The second kappa shape index (κ2) is 7.91. The number of carbonyl (C=O) groups is 2. The monoisotopic (exact) mass is 227 g/mol. The van der Waals surface area contributed by atoms with Crippen molar-refractivity contribution in [3.8, 4) is 0 Å². The number of aliphatic carboxylic acids is 1. The van der Waals surface area contributed by atoms with E-state index in [1.165, 1.54) is 18.9 Å². The number of hydrogen-bond donors (Lipinski definition) is 1. The predicted octanol–water partition coefficient (Wildman–Crippen LogP) is 2.05. The van der Waals surface area contributed by atoms with Crippen molar-refractivity contribution >= 4 is 11.9 Å². The van der Waals surface area contributed by atoms with E-state index in [2.05, 4.69) is 6.92 Å². The summed E-state index contributed by atoms with van der Waals surface area (Å²) in [5.41, 5.74) is 0. The normalized spacial score (nSPS) is 12.7. The average Bonchev–Trinajstić information content (AvgIpc) is 2.26. The van der Waals surface area contributed by atoms with Gasteiger partial charge in [0.05, 0.1) is 0 Å². The van der Waals surface area contributed by atoms with E-state index in [0.717, 1.165) is 19.3 Å². The largest absolute Gasteiger partial charge is 0.480 e. The Morgan fingerprint density at radius 2 is 2.00 bits per heavy atom. The van der Waals surface area contributed by atoms with Gasteiger partial charge in [0, 0.05) is 13.5 Å². The third-order valence-electron chi connectivity index (χ3n) is 2.52. The topological polar surface area (TPSA) is 57.6 Å². The first-order valence-electron chi connectivity index (χ1n) is 5.64. The molecule has 4 heteroatoms. The molecule has 0 spiro atoms. The second-order valence-corrected chi connectivity index (χ2v) is 3.84. The summed E-state index contributed by atoms with van der Waals surface area (Å²) < 4.78 is 0. The van der Waals surface area contributed by atoms with Crippen LogP contribution in [0, 0.1) is 0 Å². The third kappa shape index (κ3) is 5.53. The Kier molecular flexibility index (Phi) is 7.25. The van der Waals surface area contributed by atoms with Gasteiger partial charge in [-0.05, 0) is 13.3 Å². The number of carboxylic acids is 1. The Labute approximate surface area is 96.9 Å². The quantitative estimate of drug-likeness (QED) is 0.535. The molecule has 0 fully saturated rings. The summed E-state index contributed by atoms with van der Waals surface area (Å²) in [5, 5.41) is 8.73. The minimum Gasteiger partial charge on any atom is -0.480 e. The number of rotatable bonds is 7. The molecule has 0 aromatic rings. The number of unbranched alkanes of at least 4 members (excludes halogenated alkanes) is 2. The molecule has 4 nitrogen and oxygen atoms in total. The molecule has 16 heavy (non-hydrogen) atoms. The van der Waals surface area contributed by atoms with Crippen molar-refractivity contribution in [2.45, 2.75) is 45.6 Å². The standard InChI is InChI=1S/C12H21NO3/c1-4-5-6-7-8-9-11(14)13(3)10(2)12(15)16/h7-8,10H,4-6,9H2,1-3H3,(H,15,16)/b8-7+. The van der Waals surface area contributed by atoms with E-state index in [0.29, 0.717) is 0 Å². The van der Waals surface area contributed by atoms with Crippen LogP contribution in [0.3, 0.4) is 0 Å². The molecule has 92 valence electrons. The van der Waals surface area contributed by atoms with Crippen molar-refractivity contribution in [2.75, 3.05) is 7.05 Å². The first kappa shape index (κ1) is 14.7. The molecule has 0 bridgehead atoms. The molecular weight excluding hydrogens is 206 g/mol. The molecule has 0 aliphatic heterocycles. The van der Waals surface area contributed by atoms with Crippen molar-refractivity contribution in [2.24, 2.45) is 0 Å². The van der Waals surface area contributed by atoms with Crippen molar-refractivity contribution in [1.82, 2.24) is 4.90 Å². The van der Waals surface area contributed by atoms with E-state index in [1.807, 2.05) is 12.2 Å². The van der Waals surface area contributed by atoms with Crippen LogP contribution >= 0.6 is 0 Å². The predicted molar refractivity (Wildman–Crippen MR) is 63.1 cm³/mol. The number of hydrogen-bond acceptors (Lipinski definition) is 2. The molecule has 0 heterocycles. The van der Waals surface area contributed by atoms with Crippen LogP contribution in [-0.4, -0.2) is 35.0 Å². The molecular formula is C12H21NO3. The third-order valence-corrected chi connectivity index (χ3v) is 2.52. The van der Waals surface area contributed by atoms with Crippen LogP contribution in [0.4, 0.5) is 0 Å². The van der Waals surface area contributed by atoms with Gasteiger partial charge in [-0.3, -0.25) is 4.79 Å². The van der Waals surface area contributed by atoms with Crippen molar-refractivity contribution in [3.63, 3.8) is 0 Å². The van der Waals surface area contributed by atoms with Gasteiger partial charge in [0.25, 0.3) is 0 Å². The van der Waals surface area contributed by atoms with Gasteiger partial charge >= 0.3 is 5.97 Å². The summed E-state index contributed by atoms with van der Waals surface area (Å²) in [6.45, 7) is 3.61. The summed E-state index contributed by atoms with van der Waals surface area (Å²) in [6, 6.07) is -0.767. The molecule has 0 aromatic carbocycles. The van der Waals surface area contributed by atoms with Gasteiger partial charge in [-0.15, -0.1) is 0 Å². The lowest BCUT2D eigenvalue weighted by molar-refractivity contribution is -0.147. The summed E-state index contributed by atoms with van der Waals surface area (Å²) in [4.78, 5) is 23.4. The fourth-order valence-electron chi connectivity index (χ4n) is 1.15. The Morgan fingerprint density at radius 3 is 2.50 bits per heavy atom. The first-order valence-corrected chi connectivity index (χ1v) is 5.64. The van der Waals surface area contributed by atoms with Gasteiger partial charge in [-0.25, -0.2) is 4.79 Å². The van der Waals surface area contributed by atoms with Crippen LogP contribution in [0.5, 0.6) is 0 Å². The van der Waals surface area contributed by atoms with E-state index in [9.17, 15) is 9.59 Å². The summed E-state index contributed by atoms with van der Waals surface area (Å²) in [7, 11) is 1.51. The molecule has 0 aliphatic carbocycles. The highest BCUT2D eigenvalue weighted by Crippen LogP contribution is 2.01. The van der Waals surface area contributed by atoms with Crippen LogP contribution in [-0.2, 0) is 9.59 Å². The van der Waals surface area contributed by atoms with E-state index in [1.54, 1.807) is 0 Å². The highest BCUT2D eigenvalue weighted by Gasteiger charge is 2.20. The maximum atomic E-state index is 11.5. The summed E-state index contributed by atoms with van der Waals surface area (Å²) in [6.07, 6.45) is 7.28. The first-order chi connectivity index (χ1) is 7.50. The van der Waals surface area contributed by atoms with Crippen LogP contribution < -0.4 is 0 Å². The molecule has 0 saturated heterocycles. The van der Waals surface area contributed by atoms with Crippen LogP contribution in [0.25, 0.3) is 0 Å². The van der Waals surface area contributed by atoms with E-state index < -0.39 is 12.0 Å². The fourth-order valence-corrected chi connectivity index (χ4v) is 1.15. The lowest BCUT2D eigenvalue weighted by atomic mass is 10.2. The maximum Gasteiger partial charge on any atom is 0.326 e. The lowest BCUT2D eigenvalue weighted by Gasteiger charge is -2.20. The van der Waals surface area contributed by atoms with Gasteiger partial charge in [0.15, 0.2) is 0 Å². The number of nitrogens with zero attached hydrogens (tertiary/aromatic N) is 1. The number of amides is 1. The molecule has 1 amide bonds. The van der Waals surface area contributed by atoms with Crippen LogP contribution in [0.15, 0.2) is 12.2 Å². The fraction of sp³-hybridized carbons (Fsp3) is 0.667. The molecule has 0 saturated carbocycles. The van der Waals surface area contributed by atoms with E-state index >= 15 is 0 Å². The Morgan fingerprint density at radius 1 is 1.38 bits per heavy atom. The average molecular weight is 227 g/mol. The Balaban J connectivity index is 3.97. The van der Waals surface area contributed by atoms with Crippen LogP contribution in [0.2, 0.25) is 0 Å². The van der Waals surface area contributed by atoms with Gasteiger partial charge in [-0.1, -0.05) is 31.9 Å². The van der Waals surface area contributed by atoms with Gasteiger partial charge < -0.3 is 10.0 Å². The second-order valence-electron chi connectivity index (χ2n) is 3.84. The molecule has 0 aromatic heterocycles. The van der Waals surface area contributed by atoms with Crippen molar-refractivity contribution in [3.05, 3.63) is 12.2 Å². The van der Waals surface area contributed by atoms with Gasteiger partial charge in [-0.2, -0.15) is 0 Å². The smallest absolute Gasteiger partial charge is 0.326 e. The Bertz CT molecular complexity index is 261. The lowest BCUT2D eigenvalue weighted by Crippen LogP contribution is -2.39. The highest BCUT2D eigenvalue weighted by atomic mass is 16.4. The van der Waals surface area contributed by atoms with Crippen molar-refractivity contribution in [1.29, 1.82) is 0 Å². The maximum absolute atomic E-state index is 11.5. The van der Waals surface area contributed by atoms with Crippen molar-refractivity contribution < 1.29 is 14.7 Å². The number of likely N-dealkylation sites (N-methyl/N-ethyl adjacent to an activating group) is 1. The molecule has 1 N–H and O–H groups in total. The zero-order chi connectivity index (χ0) is 12.6. The van der Waals surface area contributed by atoms with Crippen LogP contribution in [0.1, 0.15) is 39.5 Å². The van der Waals surface area contributed by atoms with E-state index in [4.69, 9.17) is 5.11 Å².